The highest BCUT2D eigenvalue weighted by Gasteiger charge is 2.10. The van der Waals surface area contributed by atoms with Gasteiger partial charge in [0.1, 0.15) is 7.05 Å². The summed E-state index contributed by atoms with van der Waals surface area (Å²) < 4.78 is 2.24. The van der Waals surface area contributed by atoms with Gasteiger partial charge < -0.3 is 9.88 Å². The van der Waals surface area contributed by atoms with Crippen LogP contribution in [0.2, 0.25) is 0 Å². The van der Waals surface area contributed by atoms with Crippen molar-refractivity contribution in [3.63, 3.8) is 0 Å². The summed E-state index contributed by atoms with van der Waals surface area (Å²) in [7, 11) is 6.26. The van der Waals surface area contributed by atoms with Crippen LogP contribution in [-0.2, 0) is 7.05 Å². The van der Waals surface area contributed by atoms with Gasteiger partial charge in [-0.1, -0.05) is 18.2 Å². The maximum atomic E-state index is 3.32. The molecule has 4 rings (SSSR count). The number of aryl methyl sites for hydroxylation is 1. The van der Waals surface area contributed by atoms with Crippen LogP contribution in [0.5, 0.6) is 0 Å². The van der Waals surface area contributed by atoms with E-state index in [4.69, 9.17) is 0 Å². The number of para-hydroxylation sites is 1. The molecular weight excluding hydrogens is 306 g/mol. The summed E-state index contributed by atoms with van der Waals surface area (Å²) in [6.07, 6.45) is 6.41. The third kappa shape index (κ3) is 2.78. The molecule has 0 radical (unpaired) electrons. The third-order valence-corrected chi connectivity index (χ3v) is 4.76. The fraction of sp³-hybridized carbons (Fsp3) is 0.136. The number of H-pyrrole nitrogens is 1. The quantitative estimate of drug-likeness (QED) is 0.554. The van der Waals surface area contributed by atoms with Crippen LogP contribution >= 0.6 is 0 Å². The molecule has 2 aromatic carbocycles. The first kappa shape index (κ1) is 15.5. The number of aromatic amines is 1. The molecule has 2 heterocycles. The number of hydrogen-bond acceptors (Lipinski definition) is 1. The van der Waals surface area contributed by atoms with Crippen LogP contribution in [0.4, 0.5) is 5.69 Å². The largest absolute Gasteiger partial charge is 0.378 e. The predicted octanol–water partition coefficient (Wildman–Crippen LogP) is 4.38. The Morgan fingerprint density at radius 1 is 0.960 bits per heavy atom. The van der Waals surface area contributed by atoms with E-state index in [1.165, 1.54) is 38.8 Å². The smallest absolute Gasteiger partial charge is 0.212 e. The highest BCUT2D eigenvalue weighted by molar-refractivity contribution is 5.91. The molecule has 0 unspecified atom stereocenters. The molecule has 0 saturated carbocycles. The summed E-state index contributed by atoms with van der Waals surface area (Å²) in [5.41, 5.74) is 6.00. The van der Waals surface area contributed by atoms with E-state index in [0.29, 0.717) is 0 Å². The first-order chi connectivity index (χ1) is 12.1. The van der Waals surface area contributed by atoms with Crippen LogP contribution in [0.15, 0.2) is 60.8 Å². The Labute approximate surface area is 147 Å². The molecule has 0 fully saturated rings. The molecule has 0 aliphatic rings. The number of nitrogens with zero attached hydrogens (tertiary/aromatic N) is 2. The number of rotatable bonds is 3. The summed E-state index contributed by atoms with van der Waals surface area (Å²) in [6.45, 7) is 0. The Hall–Kier alpha value is -3.07. The van der Waals surface area contributed by atoms with E-state index in [0.717, 1.165) is 0 Å². The molecule has 0 aliphatic heterocycles. The lowest BCUT2D eigenvalue weighted by Crippen LogP contribution is -2.32. The normalized spacial score (nSPS) is 11.6. The van der Waals surface area contributed by atoms with Crippen molar-refractivity contribution in [2.75, 3.05) is 19.0 Å². The SMILES string of the molecule is CN(C)c1ccc2c(ccc(/C=C/c3c[nH]c4ccccc34)[n+]2C)c1. The van der Waals surface area contributed by atoms with Crippen molar-refractivity contribution in [1.29, 1.82) is 0 Å². The minimum atomic E-state index is 1.17. The Balaban J connectivity index is 1.74. The predicted molar refractivity (Wildman–Crippen MR) is 107 cm³/mol. The van der Waals surface area contributed by atoms with Crippen molar-refractivity contribution >= 4 is 39.6 Å². The number of pyridine rings is 1. The Morgan fingerprint density at radius 2 is 1.80 bits per heavy atom. The van der Waals surface area contributed by atoms with Gasteiger partial charge in [0.25, 0.3) is 0 Å². The van der Waals surface area contributed by atoms with E-state index in [-0.39, 0.29) is 0 Å². The minimum absolute atomic E-state index is 1.17. The average molecular weight is 328 g/mol. The van der Waals surface area contributed by atoms with Gasteiger partial charge in [0.2, 0.25) is 11.2 Å². The van der Waals surface area contributed by atoms with Gasteiger partial charge in [0.15, 0.2) is 0 Å². The van der Waals surface area contributed by atoms with Gasteiger partial charge in [-0.05, 0) is 35.9 Å². The second-order valence-corrected chi connectivity index (χ2v) is 6.58. The lowest BCUT2D eigenvalue weighted by molar-refractivity contribution is -0.646. The molecule has 0 spiro atoms. The van der Waals surface area contributed by atoms with E-state index in [2.05, 4.69) is 109 Å². The molecule has 0 aliphatic carbocycles. The monoisotopic (exact) mass is 328 g/mol. The van der Waals surface area contributed by atoms with Gasteiger partial charge >= 0.3 is 0 Å². The number of fused-ring (bicyclic) bond motifs is 2. The molecule has 3 nitrogen and oxygen atoms in total. The van der Waals surface area contributed by atoms with Crippen molar-refractivity contribution in [3.05, 3.63) is 72.1 Å². The number of aromatic nitrogens is 2. The number of nitrogens with one attached hydrogen (secondary N) is 1. The van der Waals surface area contributed by atoms with Crippen LogP contribution in [0.25, 0.3) is 34.0 Å². The highest BCUT2D eigenvalue weighted by atomic mass is 15.1. The van der Waals surface area contributed by atoms with E-state index in [1.807, 2.05) is 0 Å². The van der Waals surface area contributed by atoms with Crippen LogP contribution < -0.4 is 9.47 Å². The van der Waals surface area contributed by atoms with Gasteiger partial charge in [-0.25, -0.2) is 0 Å². The minimum Gasteiger partial charge on any atom is -0.378 e. The molecule has 124 valence electrons. The van der Waals surface area contributed by atoms with Gasteiger partial charge in [0.05, 0.1) is 0 Å². The fourth-order valence-corrected chi connectivity index (χ4v) is 3.26. The van der Waals surface area contributed by atoms with Crippen molar-refractivity contribution < 1.29 is 4.57 Å². The zero-order valence-electron chi connectivity index (χ0n) is 14.8. The van der Waals surface area contributed by atoms with Crippen LogP contribution in [0.3, 0.4) is 0 Å². The summed E-state index contributed by atoms with van der Waals surface area (Å²) in [4.78, 5) is 5.45. The zero-order valence-corrected chi connectivity index (χ0v) is 14.8. The molecule has 4 aromatic rings. The van der Waals surface area contributed by atoms with Crippen LogP contribution in [-0.4, -0.2) is 19.1 Å². The molecule has 1 N–H and O–H groups in total. The number of hydrogen-bond donors (Lipinski definition) is 1. The molecule has 0 amide bonds. The van der Waals surface area contributed by atoms with Gasteiger partial charge in [0, 0.05) is 60.5 Å². The Morgan fingerprint density at radius 3 is 2.64 bits per heavy atom. The van der Waals surface area contributed by atoms with Crippen molar-refractivity contribution in [2.45, 2.75) is 0 Å². The van der Waals surface area contributed by atoms with E-state index in [1.54, 1.807) is 0 Å². The summed E-state index contributed by atoms with van der Waals surface area (Å²) in [5.74, 6) is 0. The molecule has 3 heteroatoms. The van der Waals surface area contributed by atoms with Crippen molar-refractivity contribution in [1.82, 2.24) is 4.98 Å². The third-order valence-electron chi connectivity index (χ3n) is 4.76. The van der Waals surface area contributed by atoms with E-state index < -0.39 is 0 Å². The van der Waals surface area contributed by atoms with Crippen LogP contribution in [0.1, 0.15) is 11.3 Å². The van der Waals surface area contributed by atoms with Crippen LogP contribution in [0, 0.1) is 0 Å². The standard InChI is InChI=1S/C22H21N3/c1-24(2)19-12-13-22-16(14-19)8-10-18(25(22)3)11-9-17-15-23-21-7-5-4-6-20(17)21/h4-15H,1-3H3/p+1. The van der Waals surface area contributed by atoms with Crippen molar-refractivity contribution in [2.24, 2.45) is 7.05 Å². The second kappa shape index (κ2) is 6.10. The summed E-state index contributed by atoms with van der Waals surface area (Å²) in [6, 6.07) is 19.3. The van der Waals surface area contributed by atoms with E-state index >= 15 is 0 Å². The lowest BCUT2D eigenvalue weighted by atomic mass is 10.1. The highest BCUT2D eigenvalue weighted by Crippen LogP contribution is 2.21. The van der Waals surface area contributed by atoms with Gasteiger partial charge in [-0.3, -0.25) is 0 Å². The lowest BCUT2D eigenvalue weighted by Gasteiger charge is -2.12. The first-order valence-electron chi connectivity index (χ1n) is 8.48. The molecule has 2 aromatic heterocycles. The fourth-order valence-electron chi connectivity index (χ4n) is 3.26. The van der Waals surface area contributed by atoms with Gasteiger partial charge in [-0.15, -0.1) is 0 Å². The average Bonchev–Trinajstić information content (AvgIpc) is 3.04. The molecule has 0 saturated heterocycles. The maximum Gasteiger partial charge on any atom is 0.212 e. The van der Waals surface area contributed by atoms with Crippen molar-refractivity contribution in [3.8, 4) is 0 Å². The molecule has 0 bridgehead atoms. The molecule has 25 heavy (non-hydrogen) atoms. The van der Waals surface area contributed by atoms with E-state index in [9.17, 15) is 0 Å². The Kier molecular flexibility index (Phi) is 3.77. The number of anilines is 1. The summed E-state index contributed by atoms with van der Waals surface area (Å²) >= 11 is 0. The second-order valence-electron chi connectivity index (χ2n) is 6.58. The topological polar surface area (TPSA) is 22.9 Å². The Bertz CT molecular complexity index is 1090. The molecular formula is C22H22N3+. The first-order valence-corrected chi connectivity index (χ1v) is 8.48. The maximum absolute atomic E-state index is 3.32. The number of benzene rings is 2. The molecule has 0 atom stereocenters. The summed E-state index contributed by atoms with van der Waals surface area (Å²) in [5, 5.41) is 2.50. The zero-order chi connectivity index (χ0) is 17.4. The van der Waals surface area contributed by atoms with Gasteiger partial charge in [-0.2, -0.15) is 4.57 Å².